The number of hydrogen-bond acceptors (Lipinski definition) is 3. The summed E-state index contributed by atoms with van der Waals surface area (Å²) in [5.41, 5.74) is 6.93. The molecule has 1 rings (SSSR count). The van der Waals surface area contributed by atoms with Gasteiger partial charge in [0.1, 0.15) is 0 Å². The molecule has 0 saturated heterocycles. The van der Waals surface area contributed by atoms with E-state index in [1.54, 1.807) is 13.2 Å². The van der Waals surface area contributed by atoms with Gasteiger partial charge in [0, 0.05) is 36.3 Å². The van der Waals surface area contributed by atoms with E-state index in [0.29, 0.717) is 23.2 Å². The second kappa shape index (κ2) is 7.97. The SMILES string of the molecule is CCN(CCOC)C(CN)c1cc(Cl)cc(Cl)c1. The van der Waals surface area contributed by atoms with Crippen molar-refractivity contribution in [2.45, 2.75) is 13.0 Å². The van der Waals surface area contributed by atoms with Gasteiger partial charge in [0.25, 0.3) is 0 Å². The first-order valence-electron chi connectivity index (χ1n) is 6.01. The van der Waals surface area contributed by atoms with Crippen LogP contribution < -0.4 is 5.73 Å². The summed E-state index contributed by atoms with van der Waals surface area (Å²) in [6, 6.07) is 5.67. The maximum Gasteiger partial charge on any atom is 0.0589 e. The molecular weight excluding hydrogens is 271 g/mol. The van der Waals surface area contributed by atoms with Gasteiger partial charge in [-0.1, -0.05) is 30.1 Å². The zero-order valence-corrected chi connectivity index (χ0v) is 12.3. The Morgan fingerprint density at radius 3 is 2.33 bits per heavy atom. The van der Waals surface area contributed by atoms with Crippen molar-refractivity contribution in [2.24, 2.45) is 5.73 Å². The lowest BCUT2D eigenvalue weighted by molar-refractivity contribution is 0.125. The van der Waals surface area contributed by atoms with Gasteiger partial charge in [-0.05, 0) is 30.3 Å². The van der Waals surface area contributed by atoms with Gasteiger partial charge in [-0.25, -0.2) is 0 Å². The fourth-order valence-corrected chi connectivity index (χ4v) is 2.55. The minimum Gasteiger partial charge on any atom is -0.383 e. The van der Waals surface area contributed by atoms with Crippen molar-refractivity contribution in [3.8, 4) is 0 Å². The van der Waals surface area contributed by atoms with Crippen LogP contribution in [0.4, 0.5) is 0 Å². The van der Waals surface area contributed by atoms with Gasteiger partial charge >= 0.3 is 0 Å². The maximum absolute atomic E-state index is 6.03. The summed E-state index contributed by atoms with van der Waals surface area (Å²) in [6.45, 7) is 5.03. The predicted molar refractivity (Wildman–Crippen MR) is 77.4 cm³/mol. The molecular formula is C13H20Cl2N2O. The lowest BCUT2D eigenvalue weighted by Crippen LogP contribution is -2.36. The van der Waals surface area contributed by atoms with E-state index in [2.05, 4.69) is 11.8 Å². The molecule has 0 spiro atoms. The zero-order valence-electron chi connectivity index (χ0n) is 10.8. The van der Waals surface area contributed by atoms with E-state index in [1.807, 2.05) is 12.1 Å². The quantitative estimate of drug-likeness (QED) is 0.839. The van der Waals surface area contributed by atoms with E-state index >= 15 is 0 Å². The van der Waals surface area contributed by atoms with Crippen LogP contribution in [0, 0.1) is 0 Å². The molecule has 5 heteroatoms. The molecule has 1 unspecified atom stereocenters. The average Bonchev–Trinajstić information content (AvgIpc) is 2.33. The van der Waals surface area contributed by atoms with Crippen LogP contribution >= 0.6 is 23.2 Å². The summed E-state index contributed by atoms with van der Waals surface area (Å²) in [4.78, 5) is 2.26. The van der Waals surface area contributed by atoms with E-state index in [9.17, 15) is 0 Å². The third-order valence-corrected chi connectivity index (χ3v) is 3.36. The van der Waals surface area contributed by atoms with Gasteiger partial charge in [0.05, 0.1) is 6.61 Å². The number of nitrogens with two attached hydrogens (primary N) is 1. The van der Waals surface area contributed by atoms with Crippen LogP contribution in [0.25, 0.3) is 0 Å². The molecule has 0 heterocycles. The number of rotatable bonds is 7. The highest BCUT2D eigenvalue weighted by atomic mass is 35.5. The third-order valence-electron chi connectivity index (χ3n) is 2.92. The first-order valence-corrected chi connectivity index (χ1v) is 6.77. The minimum absolute atomic E-state index is 0.112. The molecule has 0 aliphatic rings. The Morgan fingerprint density at radius 1 is 1.28 bits per heavy atom. The number of halogens is 2. The Bertz CT molecular complexity index is 354. The van der Waals surface area contributed by atoms with Gasteiger partial charge in [0.2, 0.25) is 0 Å². The highest BCUT2D eigenvalue weighted by Gasteiger charge is 2.18. The Morgan fingerprint density at radius 2 is 1.89 bits per heavy atom. The Balaban J connectivity index is 2.91. The molecule has 0 radical (unpaired) electrons. The van der Waals surface area contributed by atoms with Crippen molar-refractivity contribution in [1.29, 1.82) is 0 Å². The van der Waals surface area contributed by atoms with Crippen molar-refractivity contribution in [3.63, 3.8) is 0 Å². The average molecular weight is 291 g/mol. The molecule has 0 fully saturated rings. The molecule has 3 nitrogen and oxygen atoms in total. The first kappa shape index (κ1) is 15.7. The molecule has 0 aromatic heterocycles. The summed E-state index contributed by atoms with van der Waals surface area (Å²) < 4.78 is 5.12. The molecule has 102 valence electrons. The lowest BCUT2D eigenvalue weighted by Gasteiger charge is -2.30. The number of hydrogen-bond donors (Lipinski definition) is 1. The number of benzene rings is 1. The van der Waals surface area contributed by atoms with Crippen molar-refractivity contribution in [2.75, 3.05) is 33.4 Å². The predicted octanol–water partition coefficient (Wildman–Crippen LogP) is 2.96. The molecule has 0 bridgehead atoms. The number of likely N-dealkylation sites (N-methyl/N-ethyl adjacent to an activating group) is 1. The van der Waals surface area contributed by atoms with E-state index in [4.69, 9.17) is 33.7 Å². The second-order valence-electron chi connectivity index (χ2n) is 4.08. The van der Waals surface area contributed by atoms with Crippen molar-refractivity contribution in [3.05, 3.63) is 33.8 Å². The molecule has 0 aliphatic carbocycles. The standard InChI is InChI=1S/C13H20Cl2N2O/c1-3-17(4-5-18-2)13(9-16)10-6-11(14)8-12(15)7-10/h6-8,13H,3-5,9,16H2,1-2H3. The second-order valence-corrected chi connectivity index (χ2v) is 4.95. The van der Waals surface area contributed by atoms with Crippen LogP contribution in [0.1, 0.15) is 18.5 Å². The van der Waals surface area contributed by atoms with Gasteiger partial charge < -0.3 is 10.5 Å². The van der Waals surface area contributed by atoms with Crippen LogP contribution in [-0.2, 0) is 4.74 Å². The normalized spacial score (nSPS) is 13.0. The topological polar surface area (TPSA) is 38.5 Å². The van der Waals surface area contributed by atoms with Crippen molar-refractivity contribution in [1.82, 2.24) is 4.90 Å². The highest BCUT2D eigenvalue weighted by molar-refractivity contribution is 6.34. The van der Waals surface area contributed by atoms with E-state index < -0.39 is 0 Å². The van der Waals surface area contributed by atoms with Gasteiger partial charge in [0.15, 0.2) is 0 Å². The van der Waals surface area contributed by atoms with Gasteiger partial charge in [-0.3, -0.25) is 4.90 Å². The summed E-state index contributed by atoms with van der Waals surface area (Å²) in [6.07, 6.45) is 0. The van der Waals surface area contributed by atoms with Crippen LogP contribution in [0.5, 0.6) is 0 Å². The number of nitrogens with zero attached hydrogens (tertiary/aromatic N) is 1. The lowest BCUT2D eigenvalue weighted by atomic mass is 10.1. The van der Waals surface area contributed by atoms with E-state index in [0.717, 1.165) is 18.7 Å². The monoisotopic (exact) mass is 290 g/mol. The first-order chi connectivity index (χ1) is 8.62. The Hall–Kier alpha value is -0.320. The number of methoxy groups -OCH3 is 1. The molecule has 0 amide bonds. The summed E-state index contributed by atoms with van der Waals surface area (Å²) in [7, 11) is 1.70. The maximum atomic E-state index is 6.03. The fourth-order valence-electron chi connectivity index (χ4n) is 2.01. The third kappa shape index (κ3) is 4.41. The smallest absolute Gasteiger partial charge is 0.0589 e. The van der Waals surface area contributed by atoms with Crippen LogP contribution in [0.2, 0.25) is 10.0 Å². The largest absolute Gasteiger partial charge is 0.383 e. The van der Waals surface area contributed by atoms with Crippen LogP contribution in [-0.4, -0.2) is 38.3 Å². The van der Waals surface area contributed by atoms with E-state index in [1.165, 1.54) is 0 Å². The van der Waals surface area contributed by atoms with Crippen LogP contribution in [0.15, 0.2) is 18.2 Å². The highest BCUT2D eigenvalue weighted by Crippen LogP contribution is 2.26. The molecule has 2 N–H and O–H groups in total. The minimum atomic E-state index is 0.112. The summed E-state index contributed by atoms with van der Waals surface area (Å²) in [5.74, 6) is 0. The summed E-state index contributed by atoms with van der Waals surface area (Å²) >= 11 is 12.1. The van der Waals surface area contributed by atoms with Crippen molar-refractivity contribution < 1.29 is 4.74 Å². The van der Waals surface area contributed by atoms with Crippen LogP contribution in [0.3, 0.4) is 0 Å². The van der Waals surface area contributed by atoms with Crippen molar-refractivity contribution >= 4 is 23.2 Å². The molecule has 1 aromatic carbocycles. The molecule has 1 aromatic rings. The zero-order chi connectivity index (χ0) is 13.5. The Kier molecular flexibility index (Phi) is 6.97. The Labute approximate surface area is 119 Å². The molecule has 0 saturated carbocycles. The summed E-state index contributed by atoms with van der Waals surface area (Å²) in [5, 5.41) is 1.28. The number of ether oxygens (including phenoxy) is 1. The fraction of sp³-hybridized carbons (Fsp3) is 0.538. The van der Waals surface area contributed by atoms with E-state index in [-0.39, 0.29) is 6.04 Å². The van der Waals surface area contributed by atoms with Gasteiger partial charge in [-0.15, -0.1) is 0 Å². The van der Waals surface area contributed by atoms with Gasteiger partial charge in [-0.2, -0.15) is 0 Å². The molecule has 18 heavy (non-hydrogen) atoms. The molecule has 0 aliphatic heterocycles. The molecule has 1 atom stereocenters.